The van der Waals surface area contributed by atoms with Crippen LogP contribution in [-0.4, -0.2) is 25.9 Å². The average Bonchev–Trinajstić information content (AvgIpc) is 2.22. The van der Waals surface area contributed by atoms with E-state index in [2.05, 4.69) is 24.5 Å². The highest BCUT2D eigenvalue weighted by molar-refractivity contribution is 5.76. The van der Waals surface area contributed by atoms with Crippen LogP contribution in [0.25, 0.3) is 0 Å². The minimum absolute atomic E-state index is 0.0407. The minimum Gasteiger partial charge on any atom is -0.359 e. The van der Waals surface area contributed by atoms with Crippen LogP contribution >= 0.6 is 0 Å². The van der Waals surface area contributed by atoms with Crippen molar-refractivity contribution in [3.05, 3.63) is 0 Å². The summed E-state index contributed by atoms with van der Waals surface area (Å²) in [5, 5.41) is 5.19. The first kappa shape index (κ1) is 13.9. The van der Waals surface area contributed by atoms with Gasteiger partial charge < -0.3 is 10.6 Å². The van der Waals surface area contributed by atoms with Gasteiger partial charge in [0.2, 0.25) is 11.8 Å². The van der Waals surface area contributed by atoms with Crippen molar-refractivity contribution in [2.75, 3.05) is 14.1 Å². The Morgan fingerprint density at radius 1 is 0.933 bits per heavy atom. The number of amides is 2. The standard InChI is InChI=1S/C11H22N2O2/c1-11(2,7-5-9(14)12-3)8-6-10(15)13-4/h5-8H2,1-4H3,(H,12,14)(H,13,15). The lowest BCUT2D eigenvalue weighted by Gasteiger charge is -2.23. The molecule has 0 aromatic heterocycles. The van der Waals surface area contributed by atoms with Crippen molar-refractivity contribution in [1.29, 1.82) is 0 Å². The van der Waals surface area contributed by atoms with Crippen molar-refractivity contribution in [2.45, 2.75) is 39.5 Å². The molecule has 0 aromatic carbocycles. The van der Waals surface area contributed by atoms with Crippen LogP contribution in [-0.2, 0) is 9.59 Å². The number of rotatable bonds is 6. The van der Waals surface area contributed by atoms with Crippen molar-refractivity contribution in [3.8, 4) is 0 Å². The molecule has 0 aliphatic rings. The Labute approximate surface area is 91.8 Å². The molecule has 0 aromatic rings. The van der Waals surface area contributed by atoms with Crippen LogP contribution < -0.4 is 10.6 Å². The molecule has 0 fully saturated rings. The van der Waals surface area contributed by atoms with E-state index in [1.807, 2.05) is 0 Å². The molecule has 0 aliphatic heterocycles. The molecule has 2 N–H and O–H groups in total. The number of nitrogens with one attached hydrogen (secondary N) is 2. The van der Waals surface area contributed by atoms with Crippen LogP contribution in [0, 0.1) is 5.41 Å². The second kappa shape index (κ2) is 6.43. The summed E-state index contributed by atoms with van der Waals surface area (Å²) >= 11 is 0. The zero-order chi connectivity index (χ0) is 11.9. The number of carbonyl (C=O) groups excluding carboxylic acids is 2. The fourth-order valence-electron chi connectivity index (χ4n) is 1.28. The molecule has 0 bridgehead atoms. The zero-order valence-electron chi connectivity index (χ0n) is 10.1. The van der Waals surface area contributed by atoms with Crippen molar-refractivity contribution in [1.82, 2.24) is 10.6 Å². The third kappa shape index (κ3) is 6.94. The molecule has 4 heteroatoms. The smallest absolute Gasteiger partial charge is 0.219 e. The van der Waals surface area contributed by atoms with Crippen LogP contribution in [0.4, 0.5) is 0 Å². The zero-order valence-corrected chi connectivity index (χ0v) is 10.1. The van der Waals surface area contributed by atoms with Gasteiger partial charge in [0.05, 0.1) is 0 Å². The lowest BCUT2D eigenvalue weighted by atomic mass is 9.83. The lowest BCUT2D eigenvalue weighted by Crippen LogP contribution is -2.24. The van der Waals surface area contributed by atoms with E-state index in [9.17, 15) is 9.59 Å². The summed E-state index contributed by atoms with van der Waals surface area (Å²) in [4.78, 5) is 22.1. The van der Waals surface area contributed by atoms with Gasteiger partial charge >= 0.3 is 0 Å². The van der Waals surface area contributed by atoms with Gasteiger partial charge in [-0.2, -0.15) is 0 Å². The van der Waals surface area contributed by atoms with Gasteiger partial charge in [-0.3, -0.25) is 9.59 Å². The van der Waals surface area contributed by atoms with Crippen molar-refractivity contribution < 1.29 is 9.59 Å². The summed E-state index contributed by atoms with van der Waals surface area (Å²) in [6, 6.07) is 0. The van der Waals surface area contributed by atoms with Crippen LogP contribution in [0.15, 0.2) is 0 Å². The Morgan fingerprint density at radius 3 is 1.53 bits per heavy atom. The second-order valence-electron chi connectivity index (χ2n) is 4.51. The van der Waals surface area contributed by atoms with Crippen LogP contribution in [0.2, 0.25) is 0 Å². The van der Waals surface area contributed by atoms with E-state index in [1.165, 1.54) is 0 Å². The third-order valence-corrected chi connectivity index (χ3v) is 2.62. The summed E-state index contributed by atoms with van der Waals surface area (Å²) in [5.74, 6) is 0.117. The SMILES string of the molecule is CNC(=O)CCC(C)(C)CCC(=O)NC. The Bertz CT molecular complexity index is 203. The maximum absolute atomic E-state index is 11.1. The monoisotopic (exact) mass is 214 g/mol. The molecule has 2 amide bonds. The van der Waals surface area contributed by atoms with E-state index in [1.54, 1.807) is 14.1 Å². The minimum atomic E-state index is 0.0407. The van der Waals surface area contributed by atoms with Crippen LogP contribution in [0.1, 0.15) is 39.5 Å². The molecule has 0 radical (unpaired) electrons. The molecule has 0 heterocycles. The summed E-state index contributed by atoms with van der Waals surface area (Å²) in [6.45, 7) is 4.16. The Kier molecular flexibility index (Phi) is 5.97. The van der Waals surface area contributed by atoms with E-state index >= 15 is 0 Å². The van der Waals surface area contributed by atoms with Crippen molar-refractivity contribution >= 4 is 11.8 Å². The largest absolute Gasteiger partial charge is 0.359 e. The van der Waals surface area contributed by atoms with E-state index in [0.717, 1.165) is 12.8 Å². The highest BCUT2D eigenvalue weighted by Crippen LogP contribution is 2.27. The predicted octanol–water partition coefficient (Wildman–Crippen LogP) is 1.06. The number of hydrogen-bond donors (Lipinski definition) is 2. The Balaban J connectivity index is 3.86. The number of carbonyl (C=O) groups is 2. The summed E-state index contributed by atoms with van der Waals surface area (Å²) in [5.41, 5.74) is 0.0407. The average molecular weight is 214 g/mol. The Hall–Kier alpha value is -1.06. The van der Waals surface area contributed by atoms with Gasteiger partial charge in [0, 0.05) is 26.9 Å². The van der Waals surface area contributed by atoms with Gasteiger partial charge in [-0.15, -0.1) is 0 Å². The molecule has 0 atom stereocenters. The molecular formula is C11H22N2O2. The fourth-order valence-corrected chi connectivity index (χ4v) is 1.28. The van der Waals surface area contributed by atoms with E-state index in [4.69, 9.17) is 0 Å². The van der Waals surface area contributed by atoms with Gasteiger partial charge in [0.1, 0.15) is 0 Å². The molecule has 0 rings (SSSR count). The normalized spacial score (nSPS) is 10.9. The molecule has 0 saturated heterocycles. The molecule has 15 heavy (non-hydrogen) atoms. The van der Waals surface area contributed by atoms with Crippen LogP contribution in [0.5, 0.6) is 0 Å². The predicted molar refractivity (Wildman–Crippen MR) is 60.4 cm³/mol. The van der Waals surface area contributed by atoms with Gasteiger partial charge in [-0.1, -0.05) is 13.8 Å². The molecule has 88 valence electrons. The quantitative estimate of drug-likeness (QED) is 0.694. The first-order valence-corrected chi connectivity index (χ1v) is 5.32. The van der Waals surface area contributed by atoms with Crippen molar-refractivity contribution in [3.63, 3.8) is 0 Å². The topological polar surface area (TPSA) is 58.2 Å². The maximum Gasteiger partial charge on any atom is 0.219 e. The van der Waals surface area contributed by atoms with E-state index < -0.39 is 0 Å². The van der Waals surface area contributed by atoms with Crippen molar-refractivity contribution in [2.24, 2.45) is 5.41 Å². The molecule has 0 unspecified atom stereocenters. The second-order valence-corrected chi connectivity index (χ2v) is 4.51. The van der Waals surface area contributed by atoms with E-state index in [0.29, 0.717) is 12.8 Å². The van der Waals surface area contributed by atoms with Crippen LogP contribution in [0.3, 0.4) is 0 Å². The van der Waals surface area contributed by atoms with E-state index in [-0.39, 0.29) is 17.2 Å². The number of hydrogen-bond acceptors (Lipinski definition) is 2. The third-order valence-electron chi connectivity index (χ3n) is 2.62. The Morgan fingerprint density at radius 2 is 1.27 bits per heavy atom. The molecule has 0 aliphatic carbocycles. The summed E-state index contributed by atoms with van der Waals surface area (Å²) in [6.07, 6.45) is 2.67. The molecular weight excluding hydrogens is 192 g/mol. The maximum atomic E-state index is 11.1. The summed E-state index contributed by atoms with van der Waals surface area (Å²) in [7, 11) is 3.28. The highest BCUT2D eigenvalue weighted by atomic mass is 16.2. The molecule has 4 nitrogen and oxygen atoms in total. The first-order valence-electron chi connectivity index (χ1n) is 5.32. The molecule has 0 saturated carbocycles. The van der Waals surface area contributed by atoms with Gasteiger partial charge in [-0.25, -0.2) is 0 Å². The first-order chi connectivity index (χ1) is 6.91. The lowest BCUT2D eigenvalue weighted by molar-refractivity contribution is -0.121. The summed E-state index contributed by atoms with van der Waals surface area (Å²) < 4.78 is 0. The van der Waals surface area contributed by atoms with Gasteiger partial charge in [-0.05, 0) is 18.3 Å². The molecule has 0 spiro atoms. The highest BCUT2D eigenvalue weighted by Gasteiger charge is 2.19. The fraction of sp³-hybridized carbons (Fsp3) is 0.818. The van der Waals surface area contributed by atoms with Gasteiger partial charge in [0.15, 0.2) is 0 Å². The van der Waals surface area contributed by atoms with Gasteiger partial charge in [0.25, 0.3) is 0 Å².